The molecule has 5 nitrogen and oxygen atoms in total. The molecule has 26 heavy (non-hydrogen) atoms. The number of rotatable bonds is 3. The minimum Gasteiger partial charge on any atom is -0.372 e. The van der Waals surface area contributed by atoms with Crippen LogP contribution in [-0.4, -0.2) is 45.9 Å². The van der Waals surface area contributed by atoms with Crippen molar-refractivity contribution < 1.29 is 9.53 Å². The lowest BCUT2D eigenvalue weighted by atomic mass is 10.1. The van der Waals surface area contributed by atoms with E-state index in [0.717, 1.165) is 29.8 Å². The molecule has 0 radical (unpaired) electrons. The Bertz CT molecular complexity index is 834. The second-order valence-corrected chi connectivity index (χ2v) is 7.94. The quantitative estimate of drug-likeness (QED) is 0.818. The average Bonchev–Trinajstić information content (AvgIpc) is 3.34. The molecule has 0 bridgehead atoms. The van der Waals surface area contributed by atoms with E-state index in [9.17, 15) is 4.79 Å². The van der Waals surface area contributed by atoms with Crippen molar-refractivity contribution in [2.24, 2.45) is 0 Å². The minimum atomic E-state index is 0.0537. The van der Waals surface area contributed by atoms with Crippen LogP contribution in [0.5, 0.6) is 0 Å². The van der Waals surface area contributed by atoms with Crippen molar-refractivity contribution in [1.82, 2.24) is 14.7 Å². The number of nitrogens with zero attached hydrogens (tertiary/aromatic N) is 3. The van der Waals surface area contributed by atoms with E-state index in [-0.39, 0.29) is 18.1 Å². The van der Waals surface area contributed by atoms with Crippen molar-refractivity contribution in [2.75, 3.05) is 13.1 Å². The first-order valence-corrected chi connectivity index (χ1v) is 9.61. The van der Waals surface area contributed by atoms with Gasteiger partial charge in [-0.1, -0.05) is 17.7 Å². The first-order valence-electron chi connectivity index (χ1n) is 9.23. The summed E-state index contributed by atoms with van der Waals surface area (Å²) in [5, 5.41) is 5.26. The zero-order valence-electron chi connectivity index (χ0n) is 15.4. The summed E-state index contributed by atoms with van der Waals surface area (Å²) in [4.78, 5) is 15.1. The molecule has 1 aromatic heterocycles. The predicted octanol–water partition coefficient (Wildman–Crippen LogP) is 3.96. The zero-order chi connectivity index (χ0) is 18.4. The van der Waals surface area contributed by atoms with Crippen LogP contribution in [0, 0.1) is 6.92 Å². The fourth-order valence-electron chi connectivity index (χ4n) is 3.71. The summed E-state index contributed by atoms with van der Waals surface area (Å²) in [6.45, 7) is 7.24. The minimum absolute atomic E-state index is 0.0537. The van der Waals surface area contributed by atoms with Crippen molar-refractivity contribution in [3.63, 3.8) is 0 Å². The first kappa shape index (κ1) is 17.6. The fraction of sp³-hybridized carbons (Fsp3) is 0.500. The van der Waals surface area contributed by atoms with Crippen LogP contribution in [0.1, 0.15) is 54.2 Å². The summed E-state index contributed by atoms with van der Waals surface area (Å²) in [6, 6.07) is 5.92. The van der Waals surface area contributed by atoms with Crippen LogP contribution in [0.25, 0.3) is 5.69 Å². The highest BCUT2D eigenvalue weighted by Crippen LogP contribution is 2.43. The molecule has 1 amide bonds. The average molecular weight is 374 g/mol. The third-order valence-electron chi connectivity index (χ3n) is 5.11. The van der Waals surface area contributed by atoms with Gasteiger partial charge in [0.1, 0.15) is 0 Å². The van der Waals surface area contributed by atoms with Gasteiger partial charge in [0.25, 0.3) is 5.91 Å². The number of amides is 1. The molecule has 2 aliphatic rings. The van der Waals surface area contributed by atoms with Crippen LogP contribution in [0.2, 0.25) is 5.02 Å². The Balaban J connectivity index is 1.70. The second kappa shape index (κ2) is 6.71. The summed E-state index contributed by atoms with van der Waals surface area (Å²) in [5.74, 6) is 0.450. The number of carbonyl (C=O) groups is 1. The van der Waals surface area contributed by atoms with Crippen LogP contribution in [-0.2, 0) is 4.74 Å². The highest BCUT2D eigenvalue weighted by Gasteiger charge is 2.35. The molecule has 2 fully saturated rings. The summed E-state index contributed by atoms with van der Waals surface area (Å²) in [6.07, 6.45) is 4.02. The van der Waals surface area contributed by atoms with Crippen LogP contribution in [0.3, 0.4) is 0 Å². The Labute approximate surface area is 158 Å². The molecule has 2 unspecified atom stereocenters. The monoisotopic (exact) mass is 373 g/mol. The Morgan fingerprint density at radius 3 is 2.54 bits per heavy atom. The summed E-state index contributed by atoms with van der Waals surface area (Å²) < 4.78 is 7.65. The van der Waals surface area contributed by atoms with Gasteiger partial charge in [-0.05, 0) is 51.3 Å². The van der Waals surface area contributed by atoms with Gasteiger partial charge in [0.2, 0.25) is 0 Å². The van der Waals surface area contributed by atoms with E-state index >= 15 is 0 Å². The van der Waals surface area contributed by atoms with E-state index in [0.29, 0.717) is 29.6 Å². The van der Waals surface area contributed by atoms with Gasteiger partial charge in [-0.15, -0.1) is 0 Å². The Hall–Kier alpha value is -1.85. The lowest BCUT2D eigenvalue weighted by Gasteiger charge is -2.35. The number of hydrogen-bond acceptors (Lipinski definition) is 3. The summed E-state index contributed by atoms with van der Waals surface area (Å²) in [5.41, 5.74) is 3.67. The molecular weight excluding hydrogens is 350 g/mol. The molecule has 1 saturated carbocycles. The summed E-state index contributed by atoms with van der Waals surface area (Å²) >= 11 is 6.30. The van der Waals surface area contributed by atoms with Crippen LogP contribution < -0.4 is 0 Å². The van der Waals surface area contributed by atoms with Crippen molar-refractivity contribution in [3.8, 4) is 5.69 Å². The van der Waals surface area contributed by atoms with Gasteiger partial charge in [-0.3, -0.25) is 4.79 Å². The van der Waals surface area contributed by atoms with Crippen molar-refractivity contribution in [1.29, 1.82) is 0 Å². The van der Waals surface area contributed by atoms with Crippen LogP contribution in [0.4, 0.5) is 0 Å². The maximum absolute atomic E-state index is 13.2. The molecule has 4 rings (SSSR count). The number of hydrogen-bond donors (Lipinski definition) is 0. The highest BCUT2D eigenvalue weighted by molar-refractivity contribution is 6.31. The standard InChI is InChI=1S/C20H24ClN3O2/c1-12-4-7-16(8-18(12)21)24-19(15-5-6-15)17(9-22-24)20(25)23-10-13(2)26-14(3)11-23/h4,7-9,13-15H,5-6,10-11H2,1-3H3. The Kier molecular flexibility index (Phi) is 4.53. The molecular formula is C20H24ClN3O2. The number of aryl methyl sites for hydroxylation is 1. The van der Waals surface area contributed by atoms with Gasteiger partial charge in [0.15, 0.2) is 0 Å². The van der Waals surface area contributed by atoms with E-state index in [1.165, 1.54) is 0 Å². The Morgan fingerprint density at radius 1 is 1.23 bits per heavy atom. The van der Waals surface area contributed by atoms with Gasteiger partial charge in [0, 0.05) is 24.0 Å². The second-order valence-electron chi connectivity index (χ2n) is 7.53. The maximum Gasteiger partial charge on any atom is 0.257 e. The maximum atomic E-state index is 13.2. The molecule has 0 spiro atoms. The SMILES string of the molecule is Cc1ccc(-n2ncc(C(=O)N3CC(C)OC(C)C3)c2C2CC2)cc1Cl. The molecule has 1 aromatic carbocycles. The van der Waals surface area contributed by atoms with Crippen molar-refractivity contribution in [3.05, 3.63) is 46.2 Å². The molecule has 2 atom stereocenters. The largest absolute Gasteiger partial charge is 0.372 e. The molecule has 0 N–H and O–H groups in total. The highest BCUT2D eigenvalue weighted by atomic mass is 35.5. The van der Waals surface area contributed by atoms with E-state index in [1.54, 1.807) is 6.20 Å². The van der Waals surface area contributed by atoms with E-state index < -0.39 is 0 Å². The first-order chi connectivity index (χ1) is 12.4. The molecule has 6 heteroatoms. The third-order valence-corrected chi connectivity index (χ3v) is 5.51. The number of morpholine rings is 1. The lowest BCUT2D eigenvalue weighted by molar-refractivity contribution is -0.0586. The van der Waals surface area contributed by atoms with Crippen LogP contribution in [0.15, 0.2) is 24.4 Å². The molecule has 2 aromatic rings. The third kappa shape index (κ3) is 3.26. The van der Waals surface area contributed by atoms with E-state index in [2.05, 4.69) is 5.10 Å². The normalized spacial score (nSPS) is 23.3. The van der Waals surface area contributed by atoms with Crippen molar-refractivity contribution in [2.45, 2.75) is 51.7 Å². The molecule has 2 heterocycles. The number of carbonyl (C=O) groups excluding carboxylic acids is 1. The number of halogens is 1. The Morgan fingerprint density at radius 2 is 1.92 bits per heavy atom. The molecule has 138 valence electrons. The van der Waals surface area contributed by atoms with Gasteiger partial charge in [-0.25, -0.2) is 4.68 Å². The van der Waals surface area contributed by atoms with E-state index in [1.807, 2.05) is 48.6 Å². The van der Waals surface area contributed by atoms with Gasteiger partial charge >= 0.3 is 0 Å². The molecule has 1 saturated heterocycles. The number of aromatic nitrogens is 2. The fourth-order valence-corrected chi connectivity index (χ4v) is 3.88. The zero-order valence-corrected chi connectivity index (χ0v) is 16.2. The van der Waals surface area contributed by atoms with Crippen molar-refractivity contribution >= 4 is 17.5 Å². The topological polar surface area (TPSA) is 47.4 Å². The summed E-state index contributed by atoms with van der Waals surface area (Å²) in [7, 11) is 0. The number of ether oxygens (including phenoxy) is 1. The smallest absolute Gasteiger partial charge is 0.257 e. The lowest BCUT2D eigenvalue weighted by Crippen LogP contribution is -2.48. The van der Waals surface area contributed by atoms with Gasteiger partial charge < -0.3 is 9.64 Å². The molecule has 1 aliphatic carbocycles. The van der Waals surface area contributed by atoms with Crippen LogP contribution >= 0.6 is 11.6 Å². The molecule has 1 aliphatic heterocycles. The predicted molar refractivity (Wildman–Crippen MR) is 101 cm³/mol. The van der Waals surface area contributed by atoms with Gasteiger partial charge in [-0.2, -0.15) is 5.10 Å². The van der Waals surface area contributed by atoms with Gasteiger partial charge in [0.05, 0.1) is 35.3 Å². The number of benzene rings is 1. The van der Waals surface area contributed by atoms with E-state index in [4.69, 9.17) is 16.3 Å².